The van der Waals surface area contributed by atoms with Gasteiger partial charge >= 0.3 is 0 Å². The minimum atomic E-state index is -0.358. The quantitative estimate of drug-likeness (QED) is 0.941. The van der Waals surface area contributed by atoms with Crippen molar-refractivity contribution in [3.8, 4) is 11.5 Å². The lowest BCUT2D eigenvalue weighted by atomic mass is 10.1. The largest absolute Gasteiger partial charge is 0.494 e. The minimum Gasteiger partial charge on any atom is -0.494 e. The number of anilines is 2. The van der Waals surface area contributed by atoms with Gasteiger partial charge in [0.05, 0.1) is 13.7 Å². The van der Waals surface area contributed by atoms with E-state index in [2.05, 4.69) is 17.9 Å². The number of nitrogens with two attached hydrogens (primary N) is 1. The molecule has 0 amide bonds. The fraction of sp³-hybridized carbons (Fsp3) is 0.333. The second-order valence-corrected chi connectivity index (χ2v) is 5.12. The molecule has 1 heterocycles. The van der Waals surface area contributed by atoms with Gasteiger partial charge < -0.3 is 20.1 Å². The molecule has 23 heavy (non-hydrogen) atoms. The van der Waals surface area contributed by atoms with Gasteiger partial charge in [-0.05, 0) is 43.7 Å². The molecule has 0 aromatic heterocycles. The summed E-state index contributed by atoms with van der Waals surface area (Å²) in [4.78, 5) is 1.99. The summed E-state index contributed by atoms with van der Waals surface area (Å²) in [6, 6.07) is 11.0. The number of methoxy groups -OCH3 is 1. The van der Waals surface area contributed by atoms with Gasteiger partial charge in [-0.3, -0.25) is 0 Å². The maximum Gasteiger partial charge on any atom is 0.165 e. The van der Waals surface area contributed by atoms with Gasteiger partial charge in [0.1, 0.15) is 5.75 Å². The van der Waals surface area contributed by atoms with Gasteiger partial charge in [-0.25, -0.2) is 4.39 Å². The fourth-order valence-corrected chi connectivity index (χ4v) is 2.54. The number of hydrogen-bond acceptors (Lipinski definition) is 4. The zero-order valence-electron chi connectivity index (χ0n) is 13.8. The summed E-state index contributed by atoms with van der Waals surface area (Å²) in [5.74, 6) is 0.830. The van der Waals surface area contributed by atoms with Crippen LogP contribution in [0.3, 0.4) is 0 Å². The molecular weight excluding hydrogens is 295 g/mol. The third-order valence-corrected chi connectivity index (χ3v) is 3.81. The van der Waals surface area contributed by atoms with Crippen LogP contribution in [0, 0.1) is 5.82 Å². The Balaban J connectivity index is 0.000000924. The monoisotopic (exact) mass is 318 g/mol. The smallest absolute Gasteiger partial charge is 0.165 e. The highest BCUT2D eigenvalue weighted by Crippen LogP contribution is 2.33. The number of halogens is 1. The summed E-state index contributed by atoms with van der Waals surface area (Å²) < 4.78 is 24.2. The number of nitrogens with zero attached hydrogens (tertiary/aromatic N) is 1. The average Bonchev–Trinajstić information content (AvgIpc) is 2.63. The molecule has 124 valence electrons. The Morgan fingerprint density at radius 2 is 1.83 bits per heavy atom. The lowest BCUT2D eigenvalue weighted by Crippen LogP contribution is -2.12. The van der Waals surface area contributed by atoms with Crippen molar-refractivity contribution >= 4 is 11.4 Å². The predicted molar refractivity (Wildman–Crippen MR) is 91.4 cm³/mol. The second-order valence-electron chi connectivity index (χ2n) is 5.12. The molecule has 1 aliphatic rings. The highest BCUT2D eigenvalue weighted by atomic mass is 19.1. The molecule has 4 nitrogen and oxygen atoms in total. The van der Waals surface area contributed by atoms with Crippen LogP contribution in [0.25, 0.3) is 0 Å². The first-order valence-electron chi connectivity index (χ1n) is 7.60. The Bertz CT molecular complexity index is 661. The molecule has 0 radical (unpaired) electrons. The molecule has 0 aliphatic carbocycles. The van der Waals surface area contributed by atoms with E-state index in [0.717, 1.165) is 36.6 Å². The van der Waals surface area contributed by atoms with Crippen molar-refractivity contribution < 1.29 is 13.9 Å². The third-order valence-electron chi connectivity index (χ3n) is 3.81. The van der Waals surface area contributed by atoms with Crippen LogP contribution in [0.4, 0.5) is 15.8 Å². The van der Waals surface area contributed by atoms with Crippen molar-refractivity contribution in [3.05, 3.63) is 47.8 Å². The highest BCUT2D eigenvalue weighted by molar-refractivity contribution is 5.66. The summed E-state index contributed by atoms with van der Waals surface area (Å²) >= 11 is 0. The van der Waals surface area contributed by atoms with Crippen molar-refractivity contribution in [2.75, 3.05) is 32.7 Å². The number of hydrogen-bond donors (Lipinski definition) is 1. The molecule has 0 atom stereocenters. The first-order valence-corrected chi connectivity index (χ1v) is 7.60. The van der Waals surface area contributed by atoms with E-state index in [4.69, 9.17) is 9.47 Å². The summed E-state index contributed by atoms with van der Waals surface area (Å²) in [6.45, 7) is 0.768. The first-order chi connectivity index (χ1) is 11.2. The fourth-order valence-electron chi connectivity index (χ4n) is 2.54. The average molecular weight is 318 g/mol. The van der Waals surface area contributed by atoms with E-state index in [-0.39, 0.29) is 11.6 Å². The highest BCUT2D eigenvalue weighted by Gasteiger charge is 2.14. The van der Waals surface area contributed by atoms with Crippen LogP contribution >= 0.6 is 0 Å². The Morgan fingerprint density at radius 1 is 1.13 bits per heavy atom. The van der Waals surface area contributed by atoms with Gasteiger partial charge in [0.25, 0.3) is 0 Å². The Morgan fingerprint density at radius 3 is 2.57 bits per heavy atom. The zero-order valence-corrected chi connectivity index (χ0v) is 13.8. The molecule has 3 rings (SSSR count). The van der Waals surface area contributed by atoms with Crippen LogP contribution in [0.1, 0.15) is 12.0 Å². The van der Waals surface area contributed by atoms with Crippen molar-refractivity contribution in [3.63, 3.8) is 0 Å². The minimum absolute atomic E-state index is 0.244. The molecular formula is C18H23FN2O2. The normalized spacial score (nSPS) is 12.4. The topological polar surface area (TPSA) is 47.7 Å². The Labute approximate surface area is 136 Å². The van der Waals surface area contributed by atoms with E-state index in [1.54, 1.807) is 12.1 Å². The van der Waals surface area contributed by atoms with Crippen LogP contribution in [-0.2, 0) is 6.42 Å². The summed E-state index contributed by atoms with van der Waals surface area (Å²) in [5.41, 5.74) is 7.61. The van der Waals surface area contributed by atoms with E-state index in [9.17, 15) is 4.39 Å². The number of benzene rings is 2. The van der Waals surface area contributed by atoms with Crippen molar-refractivity contribution in [2.45, 2.75) is 12.8 Å². The lowest BCUT2D eigenvalue weighted by molar-refractivity contribution is 0.288. The SMILES string of the molecule is CN.COc1cc(N(C)c2ccc3c(c2)OCCC3)ccc1F. The van der Waals surface area contributed by atoms with Gasteiger partial charge in [-0.1, -0.05) is 6.07 Å². The number of ether oxygens (including phenoxy) is 2. The zero-order chi connectivity index (χ0) is 16.8. The van der Waals surface area contributed by atoms with E-state index in [1.165, 1.54) is 25.8 Å². The molecule has 0 saturated carbocycles. The molecule has 2 aromatic carbocycles. The molecule has 1 aliphatic heterocycles. The Hall–Kier alpha value is -2.27. The van der Waals surface area contributed by atoms with Crippen LogP contribution in [0.15, 0.2) is 36.4 Å². The predicted octanol–water partition coefficient (Wildman–Crippen LogP) is 3.50. The maximum atomic E-state index is 13.5. The molecule has 2 N–H and O–H groups in total. The molecule has 0 spiro atoms. The van der Waals surface area contributed by atoms with Gasteiger partial charge in [0, 0.05) is 30.6 Å². The first kappa shape index (κ1) is 17.1. The molecule has 0 unspecified atom stereocenters. The van der Waals surface area contributed by atoms with Gasteiger partial charge in [0.2, 0.25) is 0 Å². The Kier molecular flexibility index (Phi) is 5.82. The molecule has 2 aromatic rings. The van der Waals surface area contributed by atoms with E-state index in [0.29, 0.717) is 0 Å². The van der Waals surface area contributed by atoms with Crippen molar-refractivity contribution in [2.24, 2.45) is 5.73 Å². The van der Waals surface area contributed by atoms with Crippen LogP contribution in [-0.4, -0.2) is 27.8 Å². The van der Waals surface area contributed by atoms with Crippen LogP contribution in [0.5, 0.6) is 11.5 Å². The summed E-state index contributed by atoms with van der Waals surface area (Å²) in [6.07, 6.45) is 2.13. The number of fused-ring (bicyclic) bond motifs is 1. The molecule has 5 heteroatoms. The number of rotatable bonds is 3. The van der Waals surface area contributed by atoms with E-state index >= 15 is 0 Å². The molecule has 0 fully saturated rings. The van der Waals surface area contributed by atoms with Gasteiger partial charge in [-0.15, -0.1) is 0 Å². The van der Waals surface area contributed by atoms with E-state index in [1.807, 2.05) is 18.0 Å². The van der Waals surface area contributed by atoms with Crippen molar-refractivity contribution in [1.29, 1.82) is 0 Å². The van der Waals surface area contributed by atoms with Crippen molar-refractivity contribution in [1.82, 2.24) is 0 Å². The van der Waals surface area contributed by atoms with E-state index < -0.39 is 0 Å². The third kappa shape index (κ3) is 3.74. The maximum absolute atomic E-state index is 13.5. The van der Waals surface area contributed by atoms with Gasteiger partial charge in [-0.2, -0.15) is 0 Å². The van der Waals surface area contributed by atoms with Gasteiger partial charge in [0.15, 0.2) is 11.6 Å². The summed E-state index contributed by atoms with van der Waals surface area (Å²) in [5, 5.41) is 0. The summed E-state index contributed by atoms with van der Waals surface area (Å²) in [7, 11) is 4.91. The lowest BCUT2D eigenvalue weighted by Gasteiger charge is -2.23. The number of aryl methyl sites for hydroxylation is 1. The molecule has 0 saturated heterocycles. The van der Waals surface area contributed by atoms with Crippen LogP contribution in [0.2, 0.25) is 0 Å². The molecule has 0 bridgehead atoms. The second kappa shape index (κ2) is 7.83. The van der Waals surface area contributed by atoms with Crippen LogP contribution < -0.4 is 20.1 Å². The standard InChI is InChI=1S/C17H18FNO2.CH5N/c1-19(14-7-8-15(18)17(11-14)20-2)13-6-5-12-4-3-9-21-16(12)10-13;1-2/h5-8,10-11H,3-4,9H2,1-2H3;2H2,1H3.